The molecule has 0 N–H and O–H groups in total. The molecule has 7 nitrogen and oxygen atoms in total. The third kappa shape index (κ3) is 4.84. The highest BCUT2D eigenvalue weighted by Gasteiger charge is 2.26. The number of methoxy groups -OCH3 is 1. The van der Waals surface area contributed by atoms with E-state index in [2.05, 4.69) is 25.4 Å². The minimum Gasteiger partial charge on any atom is -0.496 e. The third-order valence-corrected chi connectivity index (χ3v) is 7.60. The van der Waals surface area contributed by atoms with Crippen LogP contribution < -0.4 is 15.3 Å². The summed E-state index contributed by atoms with van der Waals surface area (Å²) in [4.78, 5) is 34.2. The lowest BCUT2D eigenvalue weighted by molar-refractivity contribution is -0.126. The number of fused-ring (bicyclic) bond motifs is 1. The Morgan fingerprint density at radius 3 is 2.50 bits per heavy atom. The van der Waals surface area contributed by atoms with Gasteiger partial charge in [-0.15, -0.1) is 0 Å². The number of para-hydroxylation sites is 1. The van der Waals surface area contributed by atoms with Crippen molar-refractivity contribution < 1.29 is 13.9 Å². The fraction of sp³-hybridized carbons (Fsp3) is 0.258. The maximum Gasteiger partial charge on any atom is 0.354 e. The van der Waals surface area contributed by atoms with Crippen LogP contribution in [0.5, 0.6) is 5.75 Å². The molecule has 1 fully saturated rings. The van der Waals surface area contributed by atoms with E-state index in [4.69, 9.17) is 16.3 Å². The van der Waals surface area contributed by atoms with E-state index in [1.165, 1.54) is 19.3 Å². The average Bonchev–Trinajstić information content (AvgIpc) is 2.96. The first kappa shape index (κ1) is 27.4. The van der Waals surface area contributed by atoms with Gasteiger partial charge in [0.1, 0.15) is 17.4 Å². The van der Waals surface area contributed by atoms with Crippen molar-refractivity contribution >= 4 is 34.2 Å². The fourth-order valence-electron chi connectivity index (χ4n) is 5.28. The number of aromatic nitrogens is 2. The van der Waals surface area contributed by atoms with Crippen LogP contribution in [-0.4, -0.2) is 53.6 Å². The van der Waals surface area contributed by atoms with E-state index in [-0.39, 0.29) is 17.4 Å². The van der Waals surface area contributed by atoms with Crippen LogP contribution >= 0.6 is 11.6 Å². The molecule has 1 saturated heterocycles. The Morgan fingerprint density at radius 2 is 1.82 bits per heavy atom. The topological polar surface area (TPSA) is 67.7 Å². The molecule has 40 heavy (non-hydrogen) atoms. The second-order valence-electron chi connectivity index (χ2n) is 9.95. The highest BCUT2D eigenvalue weighted by molar-refractivity contribution is 6.34. The largest absolute Gasteiger partial charge is 0.496 e. The molecule has 1 amide bonds. The average molecular weight is 561 g/mol. The molecule has 206 valence electrons. The molecule has 1 aliphatic rings. The number of nitrogens with zero attached hydrogens (tertiary/aromatic N) is 4. The molecule has 0 spiro atoms. The third-order valence-electron chi connectivity index (χ3n) is 7.29. The summed E-state index contributed by atoms with van der Waals surface area (Å²) < 4.78 is 22.2. The highest BCUT2D eigenvalue weighted by atomic mass is 35.5. The summed E-state index contributed by atoms with van der Waals surface area (Å²) in [6.45, 7) is 9.58. The van der Waals surface area contributed by atoms with E-state index < -0.39 is 11.5 Å². The monoisotopic (exact) mass is 560 g/mol. The smallest absolute Gasteiger partial charge is 0.354 e. The van der Waals surface area contributed by atoms with Crippen LogP contribution in [-0.2, 0) is 4.79 Å². The maximum absolute atomic E-state index is 15.2. The van der Waals surface area contributed by atoms with Crippen molar-refractivity contribution in [1.82, 2.24) is 14.5 Å². The number of anilines is 1. The van der Waals surface area contributed by atoms with E-state index >= 15 is 4.39 Å². The molecule has 9 heteroatoms. The second-order valence-corrected chi connectivity index (χ2v) is 10.4. The number of amides is 1. The molecule has 0 saturated carbocycles. The zero-order chi connectivity index (χ0) is 28.6. The zero-order valence-corrected chi connectivity index (χ0v) is 23.4. The number of hydrogen-bond donors (Lipinski definition) is 0. The van der Waals surface area contributed by atoms with Crippen LogP contribution in [0.2, 0.25) is 5.02 Å². The molecule has 4 aromatic rings. The SMILES string of the molecule is C=CC(=O)N1CCN(c2nc(=O)n(-c3ccccc3C(C)C)c3cc(-c4c(F)cccc4OC)c(Cl)cc23)CC1. The highest BCUT2D eigenvalue weighted by Crippen LogP contribution is 2.41. The fourth-order valence-corrected chi connectivity index (χ4v) is 5.54. The Kier molecular flexibility index (Phi) is 7.63. The summed E-state index contributed by atoms with van der Waals surface area (Å²) in [5.41, 5.74) is 2.35. The number of hydrogen-bond acceptors (Lipinski definition) is 5. The quantitative estimate of drug-likeness (QED) is 0.278. The van der Waals surface area contributed by atoms with Crippen molar-refractivity contribution in [3.05, 3.63) is 94.1 Å². The summed E-state index contributed by atoms with van der Waals surface area (Å²) in [6, 6.07) is 15.7. The Morgan fingerprint density at radius 1 is 1.10 bits per heavy atom. The molecular formula is C31H30ClFN4O3. The van der Waals surface area contributed by atoms with Gasteiger partial charge in [0.25, 0.3) is 0 Å². The van der Waals surface area contributed by atoms with Gasteiger partial charge >= 0.3 is 5.69 Å². The van der Waals surface area contributed by atoms with E-state index in [9.17, 15) is 9.59 Å². The van der Waals surface area contributed by atoms with Gasteiger partial charge in [-0.1, -0.05) is 56.3 Å². The van der Waals surface area contributed by atoms with Crippen LogP contribution in [0.1, 0.15) is 25.3 Å². The molecule has 0 atom stereocenters. The van der Waals surface area contributed by atoms with Gasteiger partial charge in [-0.3, -0.25) is 9.36 Å². The summed E-state index contributed by atoms with van der Waals surface area (Å²) in [7, 11) is 1.47. The predicted octanol–water partition coefficient (Wildman–Crippen LogP) is 5.81. The first-order valence-corrected chi connectivity index (χ1v) is 13.5. The molecule has 0 bridgehead atoms. The molecule has 1 aliphatic heterocycles. The van der Waals surface area contributed by atoms with Crippen LogP contribution in [0.3, 0.4) is 0 Å². The van der Waals surface area contributed by atoms with Gasteiger partial charge in [-0.2, -0.15) is 4.98 Å². The number of piperazine rings is 1. The number of carbonyl (C=O) groups is 1. The lowest BCUT2D eigenvalue weighted by atomic mass is 9.99. The molecule has 1 aromatic heterocycles. The second kappa shape index (κ2) is 11.1. The van der Waals surface area contributed by atoms with E-state index in [1.54, 1.807) is 33.7 Å². The maximum atomic E-state index is 15.2. The lowest BCUT2D eigenvalue weighted by Gasteiger charge is -2.35. The number of ether oxygens (including phenoxy) is 1. The molecule has 0 radical (unpaired) electrons. The van der Waals surface area contributed by atoms with Gasteiger partial charge in [0.05, 0.1) is 23.9 Å². The first-order valence-electron chi connectivity index (χ1n) is 13.1. The minimum atomic E-state index is -0.491. The zero-order valence-electron chi connectivity index (χ0n) is 22.7. The van der Waals surface area contributed by atoms with Crippen molar-refractivity contribution in [3.63, 3.8) is 0 Å². The van der Waals surface area contributed by atoms with E-state index in [1.807, 2.05) is 29.2 Å². The molecule has 0 unspecified atom stereocenters. The van der Waals surface area contributed by atoms with Crippen molar-refractivity contribution in [2.24, 2.45) is 0 Å². The van der Waals surface area contributed by atoms with Gasteiger partial charge in [-0.25, -0.2) is 9.18 Å². The summed E-state index contributed by atoms with van der Waals surface area (Å²) in [5.74, 6) is 0.304. The van der Waals surface area contributed by atoms with Crippen LogP contribution in [0.15, 0.2) is 72.0 Å². The number of rotatable bonds is 6. The number of halogens is 2. The van der Waals surface area contributed by atoms with Gasteiger partial charge in [0.15, 0.2) is 0 Å². The Hall–Kier alpha value is -4.17. The van der Waals surface area contributed by atoms with Crippen molar-refractivity contribution in [2.45, 2.75) is 19.8 Å². The standard InChI is InChI=1S/C31H30ClFN4O3/c1-5-28(38)35-13-15-36(16-14-35)30-22-17-23(32)21(29-24(33)10-8-12-27(29)40-4)18-26(22)37(31(39)34-30)25-11-7-6-9-20(25)19(2)3/h5-12,17-19H,1,13-16H2,2-4H3. The molecule has 5 rings (SSSR count). The van der Waals surface area contributed by atoms with Gasteiger partial charge < -0.3 is 14.5 Å². The van der Waals surface area contributed by atoms with E-state index in [0.29, 0.717) is 64.9 Å². The number of carbonyl (C=O) groups excluding carboxylic acids is 1. The Balaban J connectivity index is 1.79. The van der Waals surface area contributed by atoms with Gasteiger partial charge in [-0.05, 0) is 47.9 Å². The van der Waals surface area contributed by atoms with Gasteiger partial charge in [0.2, 0.25) is 5.91 Å². The molecule has 3 aromatic carbocycles. The summed E-state index contributed by atoms with van der Waals surface area (Å²) in [6.07, 6.45) is 1.30. The van der Waals surface area contributed by atoms with Crippen LogP contribution in [0.4, 0.5) is 10.2 Å². The Bertz CT molecular complexity index is 1680. The summed E-state index contributed by atoms with van der Waals surface area (Å²) in [5, 5.41) is 0.937. The van der Waals surface area contributed by atoms with E-state index in [0.717, 1.165) is 5.56 Å². The molecule has 0 aliphatic carbocycles. The normalized spacial score (nSPS) is 13.7. The van der Waals surface area contributed by atoms with Crippen molar-refractivity contribution in [1.29, 1.82) is 0 Å². The Labute approximate surface area is 237 Å². The predicted molar refractivity (Wildman–Crippen MR) is 157 cm³/mol. The molecule has 2 heterocycles. The number of benzene rings is 3. The van der Waals surface area contributed by atoms with Crippen molar-refractivity contribution in [3.8, 4) is 22.6 Å². The first-order chi connectivity index (χ1) is 19.2. The van der Waals surface area contributed by atoms with Gasteiger partial charge in [0, 0.05) is 42.2 Å². The molecular weight excluding hydrogens is 531 g/mol. The lowest BCUT2D eigenvalue weighted by Crippen LogP contribution is -2.49. The van der Waals surface area contributed by atoms with Crippen LogP contribution in [0, 0.1) is 5.82 Å². The van der Waals surface area contributed by atoms with Crippen molar-refractivity contribution in [2.75, 3.05) is 38.2 Å². The summed E-state index contributed by atoms with van der Waals surface area (Å²) >= 11 is 6.83. The van der Waals surface area contributed by atoms with Crippen LogP contribution in [0.25, 0.3) is 27.7 Å². The minimum absolute atomic E-state index is 0.131.